The van der Waals surface area contributed by atoms with Crippen molar-refractivity contribution < 1.29 is 23.1 Å². The summed E-state index contributed by atoms with van der Waals surface area (Å²) in [5.74, 6) is -0.384. The van der Waals surface area contributed by atoms with E-state index in [1.165, 1.54) is 12.3 Å². The molecule has 6 nitrogen and oxygen atoms in total. The van der Waals surface area contributed by atoms with Crippen LogP contribution in [-0.2, 0) is 17.5 Å². The van der Waals surface area contributed by atoms with Crippen molar-refractivity contribution in [2.24, 2.45) is 0 Å². The molecule has 0 radical (unpaired) electrons. The van der Waals surface area contributed by atoms with Gasteiger partial charge in [0.05, 0.1) is 17.7 Å². The molecule has 1 aliphatic heterocycles. The fourth-order valence-corrected chi connectivity index (χ4v) is 3.75. The number of carbonyl (C=O) groups is 1. The number of carboxylic acid groups (broad SMARTS) is 1. The Labute approximate surface area is 176 Å². The molecule has 0 amide bonds. The Balaban J connectivity index is 1.76. The average molecular weight is 428 g/mol. The molecule has 1 N–H and O–H groups in total. The van der Waals surface area contributed by atoms with E-state index >= 15 is 0 Å². The molecule has 0 spiro atoms. The smallest absolute Gasteiger partial charge is 0.416 e. The average Bonchev–Trinajstić information content (AvgIpc) is 2.99. The van der Waals surface area contributed by atoms with Gasteiger partial charge in [0.1, 0.15) is 6.17 Å². The molecule has 3 aromatic rings. The fourth-order valence-electron chi connectivity index (χ4n) is 3.75. The van der Waals surface area contributed by atoms with Crippen LogP contribution in [0.2, 0.25) is 0 Å². The van der Waals surface area contributed by atoms with Crippen molar-refractivity contribution in [3.05, 3.63) is 72.2 Å². The summed E-state index contributed by atoms with van der Waals surface area (Å²) in [5, 5.41) is 9.40. The van der Waals surface area contributed by atoms with Gasteiger partial charge in [-0.25, -0.2) is 4.98 Å². The van der Waals surface area contributed by atoms with E-state index in [1.807, 2.05) is 11.0 Å². The van der Waals surface area contributed by atoms with Gasteiger partial charge in [-0.05, 0) is 35.4 Å². The number of carboxylic acids is 1. The molecule has 9 heteroatoms. The van der Waals surface area contributed by atoms with Crippen molar-refractivity contribution in [3.8, 4) is 11.1 Å². The Morgan fingerprint density at radius 2 is 1.94 bits per heavy atom. The number of aliphatic carboxylic acids is 1. The zero-order valence-corrected chi connectivity index (χ0v) is 16.5. The van der Waals surface area contributed by atoms with Crippen LogP contribution in [-0.4, -0.2) is 34.3 Å². The van der Waals surface area contributed by atoms with Crippen LogP contribution in [0.5, 0.6) is 0 Å². The highest BCUT2D eigenvalue weighted by Gasteiger charge is 2.37. The first-order valence-electron chi connectivity index (χ1n) is 9.52. The molecule has 2 aromatic heterocycles. The van der Waals surface area contributed by atoms with Gasteiger partial charge >= 0.3 is 12.1 Å². The van der Waals surface area contributed by atoms with E-state index in [4.69, 9.17) is 0 Å². The van der Waals surface area contributed by atoms with Crippen LogP contribution < -0.4 is 9.80 Å². The predicted octanol–water partition coefficient (Wildman–Crippen LogP) is 4.42. The van der Waals surface area contributed by atoms with Crippen LogP contribution in [0.4, 0.5) is 24.7 Å². The second kappa shape index (κ2) is 7.90. The maximum Gasteiger partial charge on any atom is 0.416 e. The standard InChI is InChI=1S/C22H19F3N4O2/c1-28-19(10-20(30)31)29(13-14-4-3-7-26-11-14)18-9-16(12-27-21(18)28)15-5-2-6-17(8-15)22(23,24)25/h2-9,11-12,19H,10,13H2,1H3,(H,30,31). The minimum atomic E-state index is -4.45. The zero-order chi connectivity index (χ0) is 22.2. The molecular weight excluding hydrogens is 409 g/mol. The number of fused-ring (bicyclic) bond motifs is 1. The summed E-state index contributed by atoms with van der Waals surface area (Å²) in [4.78, 5) is 23.7. The molecule has 0 aliphatic carbocycles. The first-order chi connectivity index (χ1) is 14.7. The molecule has 0 saturated heterocycles. The van der Waals surface area contributed by atoms with Gasteiger partial charge < -0.3 is 14.9 Å². The van der Waals surface area contributed by atoms with Crippen molar-refractivity contribution in [1.82, 2.24) is 9.97 Å². The van der Waals surface area contributed by atoms with E-state index < -0.39 is 23.9 Å². The van der Waals surface area contributed by atoms with Gasteiger partial charge in [0.15, 0.2) is 5.82 Å². The minimum absolute atomic E-state index is 0.147. The quantitative estimate of drug-likeness (QED) is 0.649. The third-order valence-corrected chi connectivity index (χ3v) is 5.25. The lowest BCUT2D eigenvalue weighted by Gasteiger charge is -2.29. The Morgan fingerprint density at radius 3 is 2.61 bits per heavy atom. The van der Waals surface area contributed by atoms with Crippen molar-refractivity contribution in [3.63, 3.8) is 0 Å². The summed E-state index contributed by atoms with van der Waals surface area (Å²) < 4.78 is 39.4. The molecule has 4 rings (SSSR count). The molecule has 31 heavy (non-hydrogen) atoms. The predicted molar refractivity (Wildman–Crippen MR) is 110 cm³/mol. The molecule has 1 atom stereocenters. The number of aromatic nitrogens is 2. The number of anilines is 2. The van der Waals surface area contributed by atoms with Gasteiger partial charge in [-0.3, -0.25) is 9.78 Å². The summed E-state index contributed by atoms with van der Waals surface area (Å²) in [6, 6.07) is 10.5. The topological polar surface area (TPSA) is 69.6 Å². The van der Waals surface area contributed by atoms with E-state index in [9.17, 15) is 23.1 Å². The number of nitrogens with zero attached hydrogens (tertiary/aromatic N) is 4. The number of hydrogen-bond donors (Lipinski definition) is 1. The summed E-state index contributed by atoms with van der Waals surface area (Å²) in [6.07, 6.45) is -0.228. The normalized spacial score (nSPS) is 15.8. The molecular formula is C22H19F3N4O2. The molecule has 160 valence electrons. The number of pyridine rings is 2. The molecule has 3 heterocycles. The molecule has 0 bridgehead atoms. The highest BCUT2D eigenvalue weighted by Crippen LogP contribution is 2.41. The van der Waals surface area contributed by atoms with Crippen molar-refractivity contribution in [1.29, 1.82) is 0 Å². The van der Waals surface area contributed by atoms with Crippen LogP contribution in [0.15, 0.2) is 61.1 Å². The lowest BCUT2D eigenvalue weighted by Crippen LogP contribution is -2.42. The van der Waals surface area contributed by atoms with Gasteiger partial charge in [0, 0.05) is 37.7 Å². The van der Waals surface area contributed by atoms with E-state index in [0.29, 0.717) is 29.2 Å². The fraction of sp³-hybridized carbons (Fsp3) is 0.227. The maximum absolute atomic E-state index is 13.1. The lowest BCUT2D eigenvalue weighted by atomic mass is 10.0. The molecule has 1 aliphatic rings. The first-order valence-corrected chi connectivity index (χ1v) is 9.52. The van der Waals surface area contributed by atoms with Crippen LogP contribution in [0.3, 0.4) is 0 Å². The van der Waals surface area contributed by atoms with Gasteiger partial charge in [-0.1, -0.05) is 18.2 Å². The second-order valence-electron chi connectivity index (χ2n) is 7.32. The molecule has 1 unspecified atom stereocenters. The zero-order valence-electron chi connectivity index (χ0n) is 16.5. The summed E-state index contributed by atoms with van der Waals surface area (Å²) in [5.41, 5.74) is 1.70. The largest absolute Gasteiger partial charge is 0.481 e. The van der Waals surface area contributed by atoms with Gasteiger partial charge in [-0.2, -0.15) is 13.2 Å². The number of rotatable bonds is 5. The second-order valence-corrected chi connectivity index (χ2v) is 7.32. The van der Waals surface area contributed by atoms with Crippen molar-refractivity contribution in [2.75, 3.05) is 16.8 Å². The highest BCUT2D eigenvalue weighted by atomic mass is 19.4. The Kier molecular flexibility index (Phi) is 5.26. The molecule has 0 fully saturated rings. The number of hydrogen-bond acceptors (Lipinski definition) is 5. The lowest BCUT2D eigenvalue weighted by molar-refractivity contribution is -0.138. The van der Waals surface area contributed by atoms with Gasteiger partial charge in [-0.15, -0.1) is 0 Å². The van der Waals surface area contributed by atoms with Crippen LogP contribution >= 0.6 is 0 Å². The van der Waals surface area contributed by atoms with Crippen molar-refractivity contribution in [2.45, 2.75) is 25.3 Å². The van der Waals surface area contributed by atoms with E-state index in [2.05, 4.69) is 9.97 Å². The summed E-state index contributed by atoms with van der Waals surface area (Å²) in [6.45, 7) is 0.386. The van der Waals surface area contributed by atoms with Crippen LogP contribution in [0.1, 0.15) is 17.5 Å². The highest BCUT2D eigenvalue weighted by molar-refractivity contribution is 5.81. The number of alkyl halides is 3. The Bertz CT molecular complexity index is 1110. The van der Waals surface area contributed by atoms with Gasteiger partial charge in [0.25, 0.3) is 0 Å². The van der Waals surface area contributed by atoms with E-state index in [1.54, 1.807) is 42.5 Å². The molecule has 0 saturated carbocycles. The monoisotopic (exact) mass is 428 g/mol. The Morgan fingerprint density at radius 1 is 1.13 bits per heavy atom. The third-order valence-electron chi connectivity index (χ3n) is 5.25. The molecule has 1 aromatic carbocycles. The van der Waals surface area contributed by atoms with Crippen LogP contribution in [0, 0.1) is 0 Å². The maximum atomic E-state index is 13.1. The third kappa shape index (κ3) is 4.16. The number of benzene rings is 1. The van der Waals surface area contributed by atoms with E-state index in [-0.39, 0.29) is 6.42 Å². The minimum Gasteiger partial charge on any atom is -0.481 e. The van der Waals surface area contributed by atoms with E-state index in [0.717, 1.165) is 17.7 Å². The summed E-state index contributed by atoms with van der Waals surface area (Å²) in [7, 11) is 1.76. The van der Waals surface area contributed by atoms with Crippen LogP contribution in [0.25, 0.3) is 11.1 Å². The van der Waals surface area contributed by atoms with Gasteiger partial charge in [0.2, 0.25) is 0 Å². The van der Waals surface area contributed by atoms with Crippen molar-refractivity contribution >= 4 is 17.5 Å². The SMILES string of the molecule is CN1c2ncc(-c3cccc(C(F)(F)F)c3)cc2N(Cc2cccnc2)C1CC(=O)O. The first kappa shape index (κ1) is 20.6. The Hall–Kier alpha value is -3.62. The number of halogens is 3. The summed E-state index contributed by atoms with van der Waals surface area (Å²) >= 11 is 0.